The van der Waals surface area contributed by atoms with Crippen molar-refractivity contribution in [3.63, 3.8) is 0 Å². The highest BCUT2D eigenvalue weighted by Gasteiger charge is 2.17. The SMILES string of the molecule is COC(=O)c1cc2cc(CBr)ccc2n1-c1ccccc1. The van der Waals surface area contributed by atoms with Crippen molar-refractivity contribution in [2.24, 2.45) is 0 Å². The van der Waals surface area contributed by atoms with Gasteiger partial charge in [0, 0.05) is 16.4 Å². The van der Waals surface area contributed by atoms with Gasteiger partial charge in [-0.05, 0) is 35.9 Å². The van der Waals surface area contributed by atoms with Gasteiger partial charge in [0.05, 0.1) is 12.6 Å². The van der Waals surface area contributed by atoms with E-state index in [-0.39, 0.29) is 5.97 Å². The molecule has 0 fully saturated rings. The Morgan fingerprint density at radius 1 is 1.14 bits per heavy atom. The van der Waals surface area contributed by atoms with E-state index in [0.717, 1.165) is 21.9 Å². The molecule has 1 aromatic heterocycles. The molecular formula is C17H14BrNO2. The number of methoxy groups -OCH3 is 1. The molecule has 0 bridgehead atoms. The fraction of sp³-hybridized carbons (Fsp3) is 0.118. The summed E-state index contributed by atoms with van der Waals surface area (Å²) in [7, 11) is 1.40. The lowest BCUT2D eigenvalue weighted by Gasteiger charge is -2.09. The highest BCUT2D eigenvalue weighted by atomic mass is 79.9. The minimum Gasteiger partial charge on any atom is -0.464 e. The number of rotatable bonds is 3. The second-order valence-corrected chi connectivity index (χ2v) is 5.28. The molecule has 0 saturated heterocycles. The van der Waals surface area contributed by atoms with Gasteiger partial charge in [-0.25, -0.2) is 4.79 Å². The van der Waals surface area contributed by atoms with Crippen LogP contribution in [0.1, 0.15) is 16.1 Å². The predicted molar refractivity (Wildman–Crippen MR) is 87.2 cm³/mol. The number of carbonyl (C=O) groups is 1. The van der Waals surface area contributed by atoms with Crippen molar-refractivity contribution in [2.45, 2.75) is 5.33 Å². The fourth-order valence-corrected chi connectivity index (χ4v) is 2.81. The lowest BCUT2D eigenvalue weighted by molar-refractivity contribution is 0.0592. The maximum absolute atomic E-state index is 12.1. The van der Waals surface area contributed by atoms with Crippen molar-refractivity contribution in [2.75, 3.05) is 7.11 Å². The van der Waals surface area contributed by atoms with E-state index in [4.69, 9.17) is 4.74 Å². The number of alkyl halides is 1. The van der Waals surface area contributed by atoms with Crippen LogP contribution in [0.5, 0.6) is 0 Å². The number of fused-ring (bicyclic) bond motifs is 1. The number of benzene rings is 2. The van der Waals surface area contributed by atoms with Crippen LogP contribution in [0.4, 0.5) is 0 Å². The van der Waals surface area contributed by atoms with Gasteiger partial charge >= 0.3 is 5.97 Å². The molecule has 0 spiro atoms. The standard InChI is InChI=1S/C17H14BrNO2/c1-21-17(20)16-10-13-9-12(11-18)7-8-15(13)19(16)14-5-3-2-4-6-14/h2-10H,11H2,1H3. The summed E-state index contributed by atoms with van der Waals surface area (Å²) >= 11 is 3.46. The second-order valence-electron chi connectivity index (χ2n) is 4.72. The third kappa shape index (κ3) is 2.47. The monoisotopic (exact) mass is 343 g/mol. The van der Waals surface area contributed by atoms with E-state index in [0.29, 0.717) is 5.69 Å². The van der Waals surface area contributed by atoms with E-state index >= 15 is 0 Å². The molecule has 0 N–H and O–H groups in total. The molecular weight excluding hydrogens is 330 g/mol. The Morgan fingerprint density at radius 2 is 1.90 bits per heavy atom. The Labute approximate surface area is 131 Å². The molecule has 21 heavy (non-hydrogen) atoms. The van der Waals surface area contributed by atoms with Crippen LogP contribution < -0.4 is 0 Å². The molecule has 0 atom stereocenters. The van der Waals surface area contributed by atoms with Crippen LogP contribution in [0.25, 0.3) is 16.6 Å². The Morgan fingerprint density at radius 3 is 2.57 bits per heavy atom. The van der Waals surface area contributed by atoms with Gasteiger partial charge in [0.1, 0.15) is 5.69 Å². The molecule has 4 heteroatoms. The first-order valence-corrected chi connectivity index (χ1v) is 7.71. The largest absolute Gasteiger partial charge is 0.464 e. The lowest BCUT2D eigenvalue weighted by atomic mass is 10.2. The minimum absolute atomic E-state index is 0.338. The second kappa shape index (κ2) is 5.74. The number of aromatic nitrogens is 1. The molecule has 3 nitrogen and oxygen atoms in total. The van der Waals surface area contributed by atoms with E-state index in [9.17, 15) is 4.79 Å². The summed E-state index contributed by atoms with van der Waals surface area (Å²) in [6, 6.07) is 17.9. The maximum atomic E-state index is 12.1. The summed E-state index contributed by atoms with van der Waals surface area (Å²) in [4.78, 5) is 12.1. The molecule has 0 amide bonds. The summed E-state index contributed by atoms with van der Waals surface area (Å²) in [5.74, 6) is -0.338. The summed E-state index contributed by atoms with van der Waals surface area (Å²) in [6.45, 7) is 0. The van der Waals surface area contributed by atoms with Crippen LogP contribution in [0.3, 0.4) is 0 Å². The molecule has 2 aromatic carbocycles. The number of halogens is 1. The molecule has 0 aliphatic carbocycles. The molecule has 0 unspecified atom stereocenters. The summed E-state index contributed by atoms with van der Waals surface area (Å²) in [6.07, 6.45) is 0. The first kappa shape index (κ1) is 13.9. The molecule has 0 aliphatic heterocycles. The Balaban J connectivity index is 2.31. The van der Waals surface area contributed by atoms with Gasteiger partial charge in [0.15, 0.2) is 0 Å². The molecule has 0 radical (unpaired) electrons. The van der Waals surface area contributed by atoms with Gasteiger partial charge < -0.3 is 9.30 Å². The molecule has 3 aromatic rings. The van der Waals surface area contributed by atoms with Crippen molar-refractivity contribution < 1.29 is 9.53 Å². The summed E-state index contributed by atoms with van der Waals surface area (Å²) in [5.41, 5.74) is 3.64. The van der Waals surface area contributed by atoms with Gasteiger partial charge in [0.2, 0.25) is 0 Å². The Kier molecular flexibility index (Phi) is 3.80. The quantitative estimate of drug-likeness (QED) is 0.524. The van der Waals surface area contributed by atoms with E-state index in [1.165, 1.54) is 12.7 Å². The van der Waals surface area contributed by atoms with Crippen LogP contribution >= 0.6 is 15.9 Å². The van der Waals surface area contributed by atoms with Crippen molar-refractivity contribution in [1.82, 2.24) is 4.57 Å². The lowest BCUT2D eigenvalue weighted by Crippen LogP contribution is -2.08. The van der Waals surface area contributed by atoms with Crippen LogP contribution in [-0.2, 0) is 10.1 Å². The zero-order valence-electron chi connectivity index (χ0n) is 11.5. The molecule has 1 heterocycles. The van der Waals surface area contributed by atoms with E-state index < -0.39 is 0 Å². The average molecular weight is 344 g/mol. The molecule has 0 saturated carbocycles. The number of esters is 1. The van der Waals surface area contributed by atoms with E-state index in [1.54, 1.807) is 0 Å². The zero-order chi connectivity index (χ0) is 14.8. The number of para-hydroxylation sites is 1. The highest BCUT2D eigenvalue weighted by molar-refractivity contribution is 9.08. The van der Waals surface area contributed by atoms with Crippen LogP contribution in [0.2, 0.25) is 0 Å². The number of hydrogen-bond acceptors (Lipinski definition) is 2. The predicted octanol–water partition coefficient (Wildman–Crippen LogP) is 4.31. The topological polar surface area (TPSA) is 31.2 Å². The first-order valence-electron chi connectivity index (χ1n) is 6.58. The normalized spacial score (nSPS) is 10.8. The van der Waals surface area contributed by atoms with Gasteiger partial charge in [-0.3, -0.25) is 0 Å². The average Bonchev–Trinajstić information content (AvgIpc) is 2.93. The van der Waals surface area contributed by atoms with Crippen LogP contribution in [-0.4, -0.2) is 17.6 Å². The number of hydrogen-bond donors (Lipinski definition) is 0. The highest BCUT2D eigenvalue weighted by Crippen LogP contribution is 2.26. The Hall–Kier alpha value is -2.07. The molecule has 106 valence electrons. The van der Waals surface area contributed by atoms with Gasteiger partial charge in [0.25, 0.3) is 0 Å². The van der Waals surface area contributed by atoms with Crippen LogP contribution in [0, 0.1) is 0 Å². The summed E-state index contributed by atoms with van der Waals surface area (Å²) in [5, 5.41) is 1.81. The van der Waals surface area contributed by atoms with E-state index in [2.05, 4.69) is 28.1 Å². The first-order chi connectivity index (χ1) is 10.2. The minimum atomic E-state index is -0.338. The zero-order valence-corrected chi connectivity index (χ0v) is 13.1. The molecule has 0 aliphatic rings. The number of carbonyl (C=O) groups excluding carboxylic acids is 1. The van der Waals surface area contributed by atoms with E-state index in [1.807, 2.05) is 47.0 Å². The molecule has 3 rings (SSSR count). The Bertz CT molecular complexity index is 793. The van der Waals surface area contributed by atoms with Crippen molar-refractivity contribution in [3.05, 3.63) is 65.9 Å². The van der Waals surface area contributed by atoms with Gasteiger partial charge in [-0.2, -0.15) is 0 Å². The van der Waals surface area contributed by atoms with Gasteiger partial charge in [-0.1, -0.05) is 40.2 Å². The maximum Gasteiger partial charge on any atom is 0.355 e. The fourth-order valence-electron chi connectivity index (χ4n) is 2.46. The van der Waals surface area contributed by atoms with Crippen molar-refractivity contribution in [3.8, 4) is 5.69 Å². The van der Waals surface area contributed by atoms with Crippen molar-refractivity contribution in [1.29, 1.82) is 0 Å². The third-order valence-corrected chi connectivity index (χ3v) is 4.08. The summed E-state index contributed by atoms with van der Waals surface area (Å²) < 4.78 is 6.85. The third-order valence-electron chi connectivity index (χ3n) is 3.43. The number of ether oxygens (including phenoxy) is 1. The van der Waals surface area contributed by atoms with Crippen LogP contribution in [0.15, 0.2) is 54.6 Å². The van der Waals surface area contributed by atoms with Crippen molar-refractivity contribution >= 4 is 32.8 Å². The van der Waals surface area contributed by atoms with Gasteiger partial charge in [-0.15, -0.1) is 0 Å². The smallest absolute Gasteiger partial charge is 0.355 e. The number of nitrogens with zero attached hydrogens (tertiary/aromatic N) is 1.